The Bertz CT molecular complexity index is 1080. The Morgan fingerprint density at radius 3 is 1.61 bits per heavy atom. The summed E-state index contributed by atoms with van der Waals surface area (Å²) in [5, 5.41) is 7.32. The van der Waals surface area contributed by atoms with Crippen LogP contribution in [0.1, 0.15) is 101 Å². The molecule has 0 amide bonds. The average Bonchev–Trinajstić information content (AvgIpc) is 3.60. The quantitative estimate of drug-likeness (QED) is 0.276. The van der Waals surface area contributed by atoms with Gasteiger partial charge in [-0.1, -0.05) is 74.2 Å². The van der Waals surface area contributed by atoms with Crippen molar-refractivity contribution in [2.45, 2.75) is 121 Å². The van der Waals surface area contributed by atoms with E-state index in [9.17, 15) is 26.3 Å². The highest BCUT2D eigenvalue weighted by molar-refractivity contribution is 5.47. The highest BCUT2D eigenvalue weighted by Gasteiger charge is 2.60. The zero-order valence-corrected chi connectivity index (χ0v) is 24.3. The summed E-state index contributed by atoms with van der Waals surface area (Å²) in [6, 6.07) is 16.3. The van der Waals surface area contributed by atoms with Crippen LogP contribution >= 0.6 is 0 Å². The maximum atomic E-state index is 14.7. The normalized spacial score (nSPS) is 18.3. The van der Waals surface area contributed by atoms with E-state index in [0.717, 1.165) is 5.56 Å². The Morgan fingerprint density at radius 2 is 1.22 bits per heavy atom. The van der Waals surface area contributed by atoms with Crippen molar-refractivity contribution < 1.29 is 26.3 Å². The molecule has 0 saturated heterocycles. The second kappa shape index (κ2) is 13.6. The van der Waals surface area contributed by atoms with Gasteiger partial charge in [0.15, 0.2) is 0 Å². The van der Waals surface area contributed by atoms with Gasteiger partial charge in [0.1, 0.15) is 0 Å². The third kappa shape index (κ3) is 7.10. The fraction of sp³-hybridized carbons (Fsp3) is 0.606. The maximum Gasteiger partial charge on any atom is 0.398 e. The first-order valence-corrected chi connectivity index (χ1v) is 14.7. The minimum absolute atomic E-state index is 0.0574. The minimum atomic E-state index is -4.50. The molecule has 2 nitrogen and oxygen atoms in total. The van der Waals surface area contributed by atoms with Gasteiger partial charge in [-0.3, -0.25) is 4.90 Å². The van der Waals surface area contributed by atoms with E-state index in [1.54, 1.807) is 6.07 Å². The van der Waals surface area contributed by atoms with Crippen LogP contribution in [0.3, 0.4) is 0 Å². The summed E-state index contributed by atoms with van der Waals surface area (Å²) in [5.74, 6) is 0. The van der Waals surface area contributed by atoms with Gasteiger partial charge in [-0.2, -0.15) is 31.6 Å². The second-order valence-electron chi connectivity index (χ2n) is 11.8. The van der Waals surface area contributed by atoms with Crippen LogP contribution in [0.15, 0.2) is 48.5 Å². The molecule has 226 valence electrons. The molecule has 4 rings (SSSR count). The molecular formula is C33H42F6N2. The number of hydrogen-bond acceptors (Lipinski definition) is 2. The summed E-state index contributed by atoms with van der Waals surface area (Å²) in [4.78, 5) is 2.24. The lowest BCUT2D eigenvalue weighted by atomic mass is 9.69. The van der Waals surface area contributed by atoms with E-state index in [-0.39, 0.29) is 49.3 Å². The van der Waals surface area contributed by atoms with Gasteiger partial charge in [-0.15, -0.1) is 0 Å². The molecule has 0 spiro atoms. The molecule has 0 unspecified atom stereocenters. The van der Waals surface area contributed by atoms with E-state index >= 15 is 0 Å². The van der Waals surface area contributed by atoms with Gasteiger partial charge in [0.05, 0.1) is 16.9 Å². The fourth-order valence-corrected chi connectivity index (χ4v) is 6.92. The van der Waals surface area contributed by atoms with E-state index in [0.29, 0.717) is 50.8 Å². The molecular weight excluding hydrogens is 538 g/mol. The molecule has 0 heterocycles. The Kier molecular flexibility index (Phi) is 11.0. The number of nitrogens with zero attached hydrogens (tertiary/aromatic N) is 2. The van der Waals surface area contributed by atoms with Crippen LogP contribution < -0.4 is 0 Å². The standard InChI is InChI=1S/C31H39F6N.C2H3N/c1-23(2)38(22-24-12-4-3-5-13-24)21-11-14-25-26(28(30(32,33)34)17-6-7-18-28)15-10-16-27(25)29(31(35,36)37)19-8-9-20-29;1-2-3/h3-5,10,12-13,15-16,23H,6-9,11,14,17-22H2,1-2H3;1H3. The van der Waals surface area contributed by atoms with Crippen molar-refractivity contribution >= 4 is 0 Å². The first-order chi connectivity index (χ1) is 19.3. The predicted molar refractivity (Wildman–Crippen MR) is 150 cm³/mol. The largest absolute Gasteiger partial charge is 0.398 e. The molecule has 0 atom stereocenters. The van der Waals surface area contributed by atoms with Crippen molar-refractivity contribution in [3.63, 3.8) is 0 Å². The van der Waals surface area contributed by atoms with E-state index in [2.05, 4.69) is 18.7 Å². The molecule has 2 aliphatic carbocycles. The second-order valence-corrected chi connectivity index (χ2v) is 11.8. The summed E-state index contributed by atoms with van der Waals surface area (Å²) in [5.41, 5.74) is -2.51. The van der Waals surface area contributed by atoms with Crippen molar-refractivity contribution in [2.24, 2.45) is 0 Å². The molecule has 2 saturated carbocycles. The number of nitriles is 1. The van der Waals surface area contributed by atoms with Gasteiger partial charge in [0.25, 0.3) is 0 Å². The Morgan fingerprint density at radius 1 is 0.780 bits per heavy atom. The topological polar surface area (TPSA) is 27.0 Å². The predicted octanol–water partition coefficient (Wildman–Crippen LogP) is 9.81. The molecule has 2 aliphatic rings. The molecule has 0 N–H and O–H groups in total. The molecule has 41 heavy (non-hydrogen) atoms. The highest BCUT2D eigenvalue weighted by atomic mass is 19.4. The van der Waals surface area contributed by atoms with E-state index in [1.165, 1.54) is 25.1 Å². The molecule has 0 radical (unpaired) electrons. The molecule has 2 aromatic rings. The van der Waals surface area contributed by atoms with Crippen molar-refractivity contribution in [1.29, 1.82) is 5.26 Å². The van der Waals surface area contributed by atoms with Crippen molar-refractivity contribution in [3.05, 3.63) is 70.8 Å². The Balaban J connectivity index is 0.00000147. The monoisotopic (exact) mass is 580 g/mol. The summed E-state index contributed by atoms with van der Waals surface area (Å²) < 4.78 is 88.1. The van der Waals surface area contributed by atoms with Crippen LogP contribution in [0.2, 0.25) is 0 Å². The van der Waals surface area contributed by atoms with Crippen molar-refractivity contribution in [3.8, 4) is 6.07 Å². The van der Waals surface area contributed by atoms with Gasteiger partial charge < -0.3 is 0 Å². The van der Waals surface area contributed by atoms with Gasteiger partial charge in [0, 0.05) is 19.5 Å². The molecule has 0 bridgehead atoms. The third-order valence-corrected chi connectivity index (χ3v) is 9.04. The molecule has 0 aromatic heterocycles. The van der Waals surface area contributed by atoms with Crippen molar-refractivity contribution in [1.82, 2.24) is 4.90 Å². The number of hydrogen-bond donors (Lipinski definition) is 0. The smallest absolute Gasteiger partial charge is 0.297 e. The average molecular weight is 581 g/mol. The van der Waals surface area contributed by atoms with Crippen LogP contribution in [0, 0.1) is 11.3 Å². The van der Waals surface area contributed by atoms with Gasteiger partial charge in [-0.05, 0) is 81.2 Å². The van der Waals surface area contributed by atoms with Gasteiger partial charge >= 0.3 is 12.4 Å². The number of alkyl halides is 6. The molecule has 0 aliphatic heterocycles. The van der Waals surface area contributed by atoms with Gasteiger partial charge in [-0.25, -0.2) is 0 Å². The first-order valence-electron chi connectivity index (χ1n) is 14.7. The van der Waals surface area contributed by atoms with Crippen molar-refractivity contribution in [2.75, 3.05) is 6.54 Å². The first kappa shape index (κ1) is 33.0. The molecule has 8 heteroatoms. The lowest BCUT2D eigenvalue weighted by Gasteiger charge is -2.39. The summed E-state index contributed by atoms with van der Waals surface area (Å²) in [7, 11) is 0. The van der Waals surface area contributed by atoms with Crippen LogP contribution in [0.25, 0.3) is 0 Å². The van der Waals surface area contributed by atoms with Crippen LogP contribution in [-0.4, -0.2) is 29.8 Å². The molecule has 2 aromatic carbocycles. The zero-order valence-electron chi connectivity index (χ0n) is 24.3. The van der Waals surface area contributed by atoms with E-state index in [4.69, 9.17) is 5.26 Å². The van der Waals surface area contributed by atoms with Crippen LogP contribution in [0.5, 0.6) is 0 Å². The number of rotatable bonds is 9. The van der Waals surface area contributed by atoms with Crippen LogP contribution in [0.4, 0.5) is 26.3 Å². The Hall–Kier alpha value is -2.53. The summed E-state index contributed by atoms with van der Waals surface area (Å²) in [6.45, 7) is 6.84. The maximum absolute atomic E-state index is 14.7. The number of benzene rings is 2. The van der Waals surface area contributed by atoms with Crippen LogP contribution in [-0.2, 0) is 23.8 Å². The summed E-state index contributed by atoms with van der Waals surface area (Å²) in [6.07, 6.45) is -6.79. The van der Waals surface area contributed by atoms with E-state index < -0.39 is 23.2 Å². The summed E-state index contributed by atoms with van der Waals surface area (Å²) >= 11 is 0. The molecule has 2 fully saturated rings. The lowest BCUT2D eigenvalue weighted by Crippen LogP contribution is -2.44. The minimum Gasteiger partial charge on any atom is -0.297 e. The Labute approximate surface area is 240 Å². The SMILES string of the molecule is CC#N.CC(C)N(CCCc1c(C2(C(F)(F)F)CCCC2)cccc1C1(C(F)(F)F)CCCC1)Cc1ccccc1. The number of halogens is 6. The zero-order chi connectivity index (χ0) is 30.3. The van der Waals surface area contributed by atoms with E-state index in [1.807, 2.05) is 30.3 Å². The third-order valence-electron chi connectivity index (χ3n) is 9.04. The fourth-order valence-electron chi connectivity index (χ4n) is 6.92. The van der Waals surface area contributed by atoms with Gasteiger partial charge in [0.2, 0.25) is 0 Å². The highest BCUT2D eigenvalue weighted by Crippen LogP contribution is 2.57. The lowest BCUT2D eigenvalue weighted by molar-refractivity contribution is -0.191.